The number of aromatic nitrogens is 1. The molecule has 0 fully saturated rings. The molecule has 0 atom stereocenters. The van der Waals surface area contributed by atoms with Crippen molar-refractivity contribution in [2.75, 3.05) is 5.75 Å². The van der Waals surface area contributed by atoms with Gasteiger partial charge in [-0.15, -0.1) is 11.8 Å². The Bertz CT molecular complexity index is 874. The van der Waals surface area contributed by atoms with Crippen LogP contribution in [0.2, 0.25) is 0 Å². The van der Waals surface area contributed by atoms with E-state index in [1.165, 1.54) is 23.9 Å². The van der Waals surface area contributed by atoms with Gasteiger partial charge in [-0.2, -0.15) is 18.3 Å². The van der Waals surface area contributed by atoms with E-state index in [0.717, 1.165) is 16.6 Å². The standard InChI is InChI=1S/C16H14BrF3N4S/c1-2-25-15(24-9-12(17)4-6-14(24)21)8-10-7-11(16(18,19)20)3-5-13(10)23-22/h3-9,21-22H,2H2,1H3/b15-8-,21-14?,23-22?. The third-order valence-corrected chi connectivity index (χ3v) is 4.56. The smallest absolute Gasteiger partial charge is 0.295 e. The first-order valence-corrected chi connectivity index (χ1v) is 8.90. The zero-order chi connectivity index (χ0) is 18.6. The molecule has 0 aliphatic rings. The van der Waals surface area contributed by atoms with E-state index < -0.39 is 11.7 Å². The second kappa shape index (κ2) is 8.01. The van der Waals surface area contributed by atoms with Crippen LogP contribution in [0.1, 0.15) is 18.1 Å². The van der Waals surface area contributed by atoms with Crippen molar-refractivity contribution in [2.24, 2.45) is 5.11 Å². The summed E-state index contributed by atoms with van der Waals surface area (Å²) in [6, 6.07) is 6.33. The number of benzene rings is 1. The number of nitrogens with zero attached hydrogens (tertiary/aromatic N) is 2. The monoisotopic (exact) mass is 430 g/mol. The van der Waals surface area contributed by atoms with Crippen LogP contribution < -0.4 is 5.49 Å². The molecular weight excluding hydrogens is 417 g/mol. The van der Waals surface area contributed by atoms with Gasteiger partial charge in [0, 0.05) is 16.2 Å². The highest BCUT2D eigenvalue weighted by Crippen LogP contribution is 2.35. The topological polar surface area (TPSA) is 65.0 Å². The van der Waals surface area contributed by atoms with Crippen molar-refractivity contribution in [2.45, 2.75) is 13.1 Å². The molecule has 4 nitrogen and oxygen atoms in total. The molecule has 0 amide bonds. The van der Waals surface area contributed by atoms with E-state index in [1.54, 1.807) is 22.9 Å². The van der Waals surface area contributed by atoms with E-state index in [9.17, 15) is 13.2 Å². The Morgan fingerprint density at radius 2 is 2.04 bits per heavy atom. The number of alkyl halides is 3. The number of hydrogen-bond donors (Lipinski definition) is 2. The Morgan fingerprint density at radius 3 is 2.64 bits per heavy atom. The van der Waals surface area contributed by atoms with Gasteiger partial charge < -0.3 is 0 Å². The molecule has 0 aliphatic carbocycles. The molecule has 1 heterocycles. The van der Waals surface area contributed by atoms with Crippen LogP contribution in [0.15, 0.2) is 46.1 Å². The van der Waals surface area contributed by atoms with Gasteiger partial charge in [0.2, 0.25) is 0 Å². The van der Waals surface area contributed by atoms with E-state index in [0.29, 0.717) is 10.8 Å². The molecule has 25 heavy (non-hydrogen) atoms. The van der Waals surface area contributed by atoms with Crippen molar-refractivity contribution in [1.82, 2.24) is 4.57 Å². The molecule has 0 saturated heterocycles. The Morgan fingerprint density at radius 1 is 1.32 bits per heavy atom. The summed E-state index contributed by atoms with van der Waals surface area (Å²) in [7, 11) is 0. The van der Waals surface area contributed by atoms with Crippen molar-refractivity contribution < 1.29 is 13.2 Å². The van der Waals surface area contributed by atoms with Crippen molar-refractivity contribution in [3.63, 3.8) is 0 Å². The first kappa shape index (κ1) is 19.5. The molecule has 0 aliphatic heterocycles. The fraction of sp³-hybridized carbons (Fsp3) is 0.188. The summed E-state index contributed by atoms with van der Waals surface area (Å²) in [5.41, 5.74) is 6.88. The average molecular weight is 431 g/mol. The normalized spacial score (nSPS) is 12.3. The van der Waals surface area contributed by atoms with Gasteiger partial charge in [-0.25, -0.2) is 5.53 Å². The summed E-state index contributed by atoms with van der Waals surface area (Å²) >= 11 is 4.71. The van der Waals surface area contributed by atoms with Crippen LogP contribution in [0, 0.1) is 10.9 Å². The summed E-state index contributed by atoms with van der Waals surface area (Å²) in [6.07, 6.45) is -1.30. The zero-order valence-electron chi connectivity index (χ0n) is 13.1. The molecule has 0 bridgehead atoms. The molecule has 9 heteroatoms. The van der Waals surface area contributed by atoms with Crippen LogP contribution in [0.5, 0.6) is 0 Å². The maximum atomic E-state index is 13.0. The Kier molecular flexibility index (Phi) is 6.23. The number of thioether (sulfide) groups is 1. The van der Waals surface area contributed by atoms with Gasteiger partial charge in [0.25, 0.3) is 0 Å². The first-order valence-electron chi connectivity index (χ1n) is 7.12. The van der Waals surface area contributed by atoms with Crippen LogP contribution in [0.4, 0.5) is 18.9 Å². The van der Waals surface area contributed by atoms with Crippen LogP contribution in [-0.2, 0) is 6.18 Å². The first-order chi connectivity index (χ1) is 11.8. The van der Waals surface area contributed by atoms with E-state index in [-0.39, 0.29) is 16.7 Å². The molecule has 0 saturated carbocycles. The van der Waals surface area contributed by atoms with Crippen molar-refractivity contribution in [3.8, 4) is 0 Å². The summed E-state index contributed by atoms with van der Waals surface area (Å²) < 4.78 is 41.3. The maximum absolute atomic E-state index is 13.0. The fourth-order valence-electron chi connectivity index (χ4n) is 2.07. The molecule has 1 aromatic heterocycles. The van der Waals surface area contributed by atoms with Crippen molar-refractivity contribution >= 4 is 44.5 Å². The van der Waals surface area contributed by atoms with Gasteiger partial charge in [0.1, 0.15) is 5.49 Å². The Hall–Kier alpha value is -1.87. The van der Waals surface area contributed by atoms with Gasteiger partial charge in [0.05, 0.1) is 16.3 Å². The quantitative estimate of drug-likeness (QED) is 0.551. The molecule has 2 rings (SSSR count). The van der Waals surface area contributed by atoms with Gasteiger partial charge >= 0.3 is 6.18 Å². The van der Waals surface area contributed by atoms with Crippen molar-refractivity contribution in [1.29, 1.82) is 10.9 Å². The molecule has 2 aromatic rings. The Labute approximate surface area is 154 Å². The molecule has 0 radical (unpaired) electrons. The van der Waals surface area contributed by atoms with E-state index >= 15 is 0 Å². The SMILES string of the molecule is CCS/C(=C\c1cc(C(F)(F)F)ccc1N=N)n1cc(Br)ccc1=N. The van der Waals surface area contributed by atoms with Gasteiger partial charge in [-0.1, -0.05) is 6.92 Å². The van der Waals surface area contributed by atoms with Gasteiger partial charge in [-0.3, -0.25) is 9.98 Å². The number of hydrogen-bond acceptors (Lipinski definition) is 4. The fourth-order valence-corrected chi connectivity index (χ4v) is 3.20. The molecular formula is C16H14BrF3N4S. The predicted molar refractivity (Wildman–Crippen MR) is 96.5 cm³/mol. The van der Waals surface area contributed by atoms with Gasteiger partial charge in [-0.05, 0) is 58.1 Å². The second-order valence-corrected chi connectivity index (χ2v) is 7.10. The van der Waals surface area contributed by atoms with Crippen LogP contribution in [0.3, 0.4) is 0 Å². The number of pyridine rings is 1. The van der Waals surface area contributed by atoms with Gasteiger partial charge in [0.15, 0.2) is 0 Å². The minimum Gasteiger partial charge on any atom is -0.295 e. The summed E-state index contributed by atoms with van der Waals surface area (Å²) in [5.74, 6) is 0.664. The highest BCUT2D eigenvalue weighted by Gasteiger charge is 2.30. The largest absolute Gasteiger partial charge is 0.416 e. The van der Waals surface area contributed by atoms with Crippen LogP contribution >= 0.6 is 27.7 Å². The molecule has 132 valence electrons. The zero-order valence-corrected chi connectivity index (χ0v) is 15.5. The Balaban J connectivity index is 2.66. The van der Waals surface area contributed by atoms with Crippen molar-refractivity contribution in [3.05, 3.63) is 57.6 Å². The van der Waals surface area contributed by atoms with E-state index in [4.69, 9.17) is 10.9 Å². The van der Waals surface area contributed by atoms with Crippen LogP contribution in [-0.4, -0.2) is 10.3 Å². The minimum atomic E-state index is -4.48. The lowest BCUT2D eigenvalue weighted by Crippen LogP contribution is -2.16. The second-order valence-electron chi connectivity index (χ2n) is 4.90. The third-order valence-electron chi connectivity index (χ3n) is 3.20. The number of nitrogens with one attached hydrogen (secondary N) is 2. The summed E-state index contributed by atoms with van der Waals surface area (Å²) in [6.45, 7) is 1.91. The number of rotatable bonds is 5. The lowest BCUT2D eigenvalue weighted by molar-refractivity contribution is -0.137. The molecule has 1 aromatic carbocycles. The molecule has 2 N–H and O–H groups in total. The lowest BCUT2D eigenvalue weighted by atomic mass is 10.1. The molecule has 0 unspecified atom stereocenters. The average Bonchev–Trinajstić information content (AvgIpc) is 2.55. The lowest BCUT2D eigenvalue weighted by Gasteiger charge is -2.13. The van der Waals surface area contributed by atoms with Crippen LogP contribution in [0.25, 0.3) is 11.1 Å². The highest BCUT2D eigenvalue weighted by atomic mass is 79.9. The highest BCUT2D eigenvalue weighted by molar-refractivity contribution is 9.10. The summed E-state index contributed by atoms with van der Waals surface area (Å²) in [4.78, 5) is 0. The molecule has 0 spiro atoms. The predicted octanol–water partition coefficient (Wildman–Crippen LogP) is 6.12. The minimum absolute atomic E-state index is 0.129. The van der Waals surface area contributed by atoms with E-state index in [2.05, 4.69) is 21.0 Å². The summed E-state index contributed by atoms with van der Waals surface area (Å²) in [5, 5.41) is 11.9. The maximum Gasteiger partial charge on any atom is 0.416 e. The number of halogens is 4. The van der Waals surface area contributed by atoms with E-state index in [1.807, 2.05) is 6.92 Å². The third kappa shape index (κ3) is 4.82.